The number of hydrogen-bond donors (Lipinski definition) is 3. The smallest absolute Gasteiger partial charge is 0.410 e. The van der Waals surface area contributed by atoms with E-state index in [4.69, 9.17) is 14.2 Å². The minimum Gasteiger partial charge on any atom is -0.492 e. The fraction of sp³-hybridized carbons (Fsp3) is 0.647. The van der Waals surface area contributed by atoms with Crippen LogP contribution in [0.2, 0.25) is 0 Å². The highest BCUT2D eigenvalue weighted by Gasteiger charge is 2.62. The molecule has 252 valence electrons. The Hall–Kier alpha value is -3.64. The number of ether oxygens (including phenoxy) is 3. The number of rotatable bonds is 8. The van der Waals surface area contributed by atoms with Crippen LogP contribution in [0.25, 0.3) is 0 Å². The Balaban J connectivity index is 1.25. The van der Waals surface area contributed by atoms with Crippen LogP contribution in [0, 0.1) is 5.92 Å². The summed E-state index contributed by atoms with van der Waals surface area (Å²) in [5, 5.41) is 6.27. The van der Waals surface area contributed by atoms with Crippen molar-refractivity contribution in [2.75, 3.05) is 26.3 Å². The molecule has 1 aromatic carbocycles. The number of carbonyl (C=O) groups excluding carboxylic acids is 4. The van der Waals surface area contributed by atoms with Crippen LogP contribution in [0.5, 0.6) is 5.75 Å². The molecule has 1 aromatic rings. The first-order valence-corrected chi connectivity index (χ1v) is 16.8. The molecule has 3 aliphatic heterocycles. The van der Waals surface area contributed by atoms with Crippen LogP contribution in [-0.4, -0.2) is 89.7 Å². The molecule has 1 saturated heterocycles. The Morgan fingerprint density at radius 3 is 2.74 bits per heavy atom. The number of nitrogens with zero attached hydrogens (tertiary/aromatic N) is 2. The molecule has 5 rings (SSSR count). The fourth-order valence-corrected chi connectivity index (χ4v) is 6.66. The highest BCUT2D eigenvalue weighted by molar-refractivity contribution is 5.96. The summed E-state index contributed by atoms with van der Waals surface area (Å²) in [6.45, 7) is 8.27. The van der Waals surface area contributed by atoms with E-state index in [0.29, 0.717) is 38.6 Å². The lowest BCUT2D eigenvalue weighted by Crippen LogP contribution is -2.69. The quantitative estimate of drug-likeness (QED) is 0.222. The second-order valence-corrected chi connectivity index (χ2v) is 13.2. The summed E-state index contributed by atoms with van der Waals surface area (Å²) >= 11 is 0. The molecule has 3 heterocycles. The third-order valence-electron chi connectivity index (χ3n) is 9.34. The number of esters is 1. The molecule has 5 N–H and O–H groups in total. The van der Waals surface area contributed by atoms with E-state index in [0.717, 1.165) is 49.1 Å². The van der Waals surface area contributed by atoms with Crippen LogP contribution >= 0.6 is 0 Å². The highest BCUT2D eigenvalue weighted by Crippen LogP contribution is 2.46. The lowest BCUT2D eigenvalue weighted by molar-refractivity contribution is -0.407. The van der Waals surface area contributed by atoms with Crippen molar-refractivity contribution in [1.82, 2.24) is 20.4 Å². The number of carbonyl (C=O) groups is 4. The van der Waals surface area contributed by atoms with Gasteiger partial charge in [0.15, 0.2) is 6.04 Å². The molecule has 0 bridgehead atoms. The van der Waals surface area contributed by atoms with Gasteiger partial charge in [-0.1, -0.05) is 38.5 Å². The molecule has 0 spiro atoms. The second-order valence-electron chi connectivity index (χ2n) is 13.2. The summed E-state index contributed by atoms with van der Waals surface area (Å²) in [5.74, 6) is -0.567. The Kier molecular flexibility index (Phi) is 10.9. The Morgan fingerprint density at radius 1 is 1.15 bits per heavy atom. The van der Waals surface area contributed by atoms with Crippen molar-refractivity contribution >= 4 is 23.9 Å². The molecule has 12 heteroatoms. The lowest BCUT2D eigenvalue weighted by atomic mass is 10.1. The standard InChI is InChI=1S/C34H49N5O7/c1-4-44-32(42)34-18-25(34)10-8-6-5-7-9-11-28(35)31(41)39-21-27(17-29(39)30(40)37-34)46-33(43)38-19-23-12-13-26(16-24(23)20-38)45-15-14-36-22(2)3/h8,10,12-13,16,22,25,27-29,36H,4-7,9,11,14-15,17-21,35H2,1-3H3,(H,37,40)/p+1/b10-8-/t25-,27-,28+,29+,34-/m1/s1. The van der Waals surface area contributed by atoms with Gasteiger partial charge in [0.05, 0.1) is 13.2 Å². The number of fused-ring (bicyclic) bond motifs is 3. The SMILES string of the molecule is CCOC(=O)[C@@]12C[C@H]1/C=C\CCCCC[C@H]([NH3+])C(=O)N1C[C@H](OC(=O)N3Cc4ccc(OCCNC(C)C)cc4C3)C[C@H]1C(=O)N2. The maximum atomic E-state index is 13.8. The zero-order valence-electron chi connectivity index (χ0n) is 27.4. The third-order valence-corrected chi connectivity index (χ3v) is 9.34. The molecule has 4 aliphatic rings. The van der Waals surface area contributed by atoms with Crippen molar-refractivity contribution in [2.45, 2.75) is 109 Å². The summed E-state index contributed by atoms with van der Waals surface area (Å²) in [4.78, 5) is 56.9. The van der Waals surface area contributed by atoms with Gasteiger partial charge < -0.3 is 35.5 Å². The van der Waals surface area contributed by atoms with Gasteiger partial charge in [0, 0.05) is 44.4 Å². The second kappa shape index (κ2) is 14.8. The van der Waals surface area contributed by atoms with Gasteiger partial charge in [0.25, 0.3) is 5.91 Å². The molecule has 2 fully saturated rings. The van der Waals surface area contributed by atoms with Crippen LogP contribution in [0.15, 0.2) is 30.4 Å². The van der Waals surface area contributed by atoms with E-state index < -0.39 is 41.7 Å². The number of nitrogens with one attached hydrogen (secondary N) is 2. The van der Waals surface area contributed by atoms with Crippen LogP contribution < -0.4 is 21.1 Å². The maximum absolute atomic E-state index is 13.8. The number of quaternary nitrogens is 1. The van der Waals surface area contributed by atoms with Crippen LogP contribution in [0.4, 0.5) is 4.79 Å². The number of amides is 3. The molecule has 0 radical (unpaired) electrons. The third kappa shape index (κ3) is 7.83. The van der Waals surface area contributed by atoms with E-state index in [1.54, 1.807) is 11.8 Å². The first-order chi connectivity index (χ1) is 22.1. The summed E-state index contributed by atoms with van der Waals surface area (Å²) in [5.41, 5.74) is 4.99. The number of benzene rings is 1. The Labute approximate surface area is 271 Å². The van der Waals surface area contributed by atoms with Crippen molar-refractivity contribution in [3.8, 4) is 5.75 Å². The summed E-state index contributed by atoms with van der Waals surface area (Å²) in [6, 6.07) is 4.81. The molecule has 1 aliphatic carbocycles. The molecular weight excluding hydrogens is 590 g/mol. The average molecular weight is 641 g/mol. The lowest BCUT2D eigenvalue weighted by Gasteiger charge is -2.27. The monoisotopic (exact) mass is 640 g/mol. The van der Waals surface area contributed by atoms with Crippen molar-refractivity contribution < 1.29 is 39.1 Å². The normalized spacial score (nSPS) is 28.7. The van der Waals surface area contributed by atoms with E-state index in [1.807, 2.05) is 24.3 Å². The minimum atomic E-state index is -1.15. The predicted octanol–water partition coefficient (Wildman–Crippen LogP) is 2.05. The molecule has 0 unspecified atom stereocenters. The number of allylic oxidation sites excluding steroid dienone is 1. The van der Waals surface area contributed by atoms with Gasteiger partial charge in [0.1, 0.15) is 30.0 Å². The van der Waals surface area contributed by atoms with E-state index in [9.17, 15) is 19.2 Å². The van der Waals surface area contributed by atoms with E-state index in [2.05, 4.69) is 36.3 Å². The van der Waals surface area contributed by atoms with Gasteiger partial charge in [0.2, 0.25) is 5.91 Å². The van der Waals surface area contributed by atoms with Crippen LogP contribution in [-0.2, 0) is 36.9 Å². The summed E-state index contributed by atoms with van der Waals surface area (Å²) < 4.78 is 17.2. The zero-order chi connectivity index (χ0) is 32.8. The zero-order valence-corrected chi connectivity index (χ0v) is 27.4. The molecular formula is C34H50N5O7+. The van der Waals surface area contributed by atoms with Crippen molar-refractivity contribution in [3.05, 3.63) is 41.5 Å². The van der Waals surface area contributed by atoms with Gasteiger partial charge in [-0.3, -0.25) is 14.5 Å². The first kappa shape index (κ1) is 33.7. The van der Waals surface area contributed by atoms with E-state index >= 15 is 0 Å². The van der Waals surface area contributed by atoms with E-state index in [-0.39, 0.29) is 31.4 Å². The molecule has 0 aromatic heterocycles. The van der Waals surface area contributed by atoms with Gasteiger partial charge in [-0.2, -0.15) is 0 Å². The van der Waals surface area contributed by atoms with Crippen molar-refractivity contribution in [3.63, 3.8) is 0 Å². The van der Waals surface area contributed by atoms with Gasteiger partial charge in [-0.25, -0.2) is 9.59 Å². The molecule has 1 saturated carbocycles. The first-order valence-electron chi connectivity index (χ1n) is 16.8. The van der Waals surface area contributed by atoms with E-state index in [1.165, 1.54) is 4.90 Å². The Bertz CT molecular complexity index is 1320. The topological polar surface area (TPSA) is 154 Å². The van der Waals surface area contributed by atoms with Crippen molar-refractivity contribution in [1.29, 1.82) is 0 Å². The predicted molar refractivity (Wildman–Crippen MR) is 169 cm³/mol. The van der Waals surface area contributed by atoms with Crippen LogP contribution in [0.3, 0.4) is 0 Å². The minimum absolute atomic E-state index is 0.0909. The molecule has 3 amide bonds. The van der Waals surface area contributed by atoms with Crippen molar-refractivity contribution in [2.24, 2.45) is 5.92 Å². The molecule has 5 atom stereocenters. The van der Waals surface area contributed by atoms with Gasteiger partial charge in [-0.05, 0) is 55.9 Å². The largest absolute Gasteiger partial charge is 0.492 e. The molecule has 12 nitrogen and oxygen atoms in total. The Morgan fingerprint density at radius 2 is 1.96 bits per heavy atom. The van der Waals surface area contributed by atoms with Crippen LogP contribution in [0.1, 0.15) is 76.8 Å². The maximum Gasteiger partial charge on any atom is 0.410 e. The highest BCUT2D eigenvalue weighted by atomic mass is 16.6. The fourth-order valence-electron chi connectivity index (χ4n) is 6.66. The van der Waals surface area contributed by atoms with Gasteiger partial charge in [-0.15, -0.1) is 0 Å². The summed E-state index contributed by atoms with van der Waals surface area (Å²) in [6.07, 6.45) is 7.73. The summed E-state index contributed by atoms with van der Waals surface area (Å²) in [7, 11) is 0. The average Bonchev–Trinajstić information content (AvgIpc) is 3.33. The molecule has 46 heavy (non-hydrogen) atoms. The number of hydrogen-bond acceptors (Lipinski definition) is 8. The van der Waals surface area contributed by atoms with Gasteiger partial charge >= 0.3 is 12.1 Å².